The zero-order valence-electron chi connectivity index (χ0n) is 42.9. The van der Waals surface area contributed by atoms with E-state index in [9.17, 15) is 10.2 Å². The molecule has 0 amide bonds. The summed E-state index contributed by atoms with van der Waals surface area (Å²) in [7, 11) is 0. The molecule has 2 aromatic carbocycles. The van der Waals surface area contributed by atoms with Crippen molar-refractivity contribution in [1.82, 2.24) is 0 Å². The van der Waals surface area contributed by atoms with Crippen LogP contribution in [0.1, 0.15) is 283 Å². The van der Waals surface area contributed by atoms with Crippen molar-refractivity contribution in [3.05, 3.63) is 58.7 Å². The molecule has 0 atom stereocenters. The summed E-state index contributed by atoms with van der Waals surface area (Å²) < 4.78 is 0. The number of aromatic hydroxyl groups is 2. The molecule has 0 aliphatic rings. The van der Waals surface area contributed by atoms with Crippen LogP contribution in [-0.4, -0.2) is 35.7 Å². The van der Waals surface area contributed by atoms with E-state index in [0.29, 0.717) is 11.5 Å². The number of phenols is 2. The van der Waals surface area contributed by atoms with Crippen LogP contribution in [0.25, 0.3) is 0 Å². The van der Waals surface area contributed by atoms with E-state index in [1.54, 1.807) is 0 Å². The van der Waals surface area contributed by atoms with E-state index in [1.807, 2.05) is 48.8 Å². The fourth-order valence-corrected chi connectivity index (χ4v) is 8.37. The van der Waals surface area contributed by atoms with Crippen LogP contribution in [0.5, 0.6) is 11.5 Å². The Labute approximate surface area is 411 Å². The summed E-state index contributed by atoms with van der Waals surface area (Å²) in [5.74, 6) is 0.761. The van der Waals surface area contributed by atoms with Gasteiger partial charge < -0.3 is 10.2 Å². The second-order valence-electron chi connectivity index (χ2n) is 20.7. The minimum absolute atomic E-state index is 0. The smallest absolute Gasteiger partial charge is 0.128 e. The number of nitrogens with zero attached hydrogens (tertiary/aromatic N) is 2. The van der Waals surface area contributed by atoms with Crippen LogP contribution in [0.3, 0.4) is 0 Å². The van der Waals surface area contributed by atoms with Gasteiger partial charge in [0.05, 0.1) is 0 Å². The van der Waals surface area contributed by atoms with Crippen molar-refractivity contribution in [2.24, 2.45) is 9.98 Å². The molecule has 0 saturated heterocycles. The molecular weight excluding hydrogens is 848 g/mol. The molecule has 0 unspecified atom stereocenters. The normalized spacial score (nSPS) is 11.9. The Balaban J connectivity index is 0.00000120. The summed E-state index contributed by atoms with van der Waals surface area (Å²) in [5.41, 5.74) is 3.54. The third-order valence-electron chi connectivity index (χ3n) is 12.5. The maximum Gasteiger partial charge on any atom is 0.128 e. The fourth-order valence-electron chi connectivity index (χ4n) is 8.37. The zero-order valence-corrected chi connectivity index (χ0v) is 45.4. The Hall–Kier alpha value is -1.74. The fraction of sp³-hybridized carbons (Fsp3) is 0.759. The third-order valence-corrected chi connectivity index (χ3v) is 12.5. The second kappa shape index (κ2) is 40.5. The summed E-state index contributed by atoms with van der Waals surface area (Å²) in [6.45, 7) is 19.0. The number of aliphatic imine (C=N–C) groups is 2. The first-order chi connectivity index (χ1) is 29.9. The number of para-hydroxylation sites is 2. The predicted molar refractivity (Wildman–Crippen MR) is 278 cm³/mol. The van der Waals surface area contributed by atoms with E-state index in [4.69, 9.17) is 0 Å². The molecule has 360 valence electrons. The van der Waals surface area contributed by atoms with Gasteiger partial charge in [0.2, 0.25) is 0 Å². The van der Waals surface area contributed by atoms with Crippen molar-refractivity contribution < 1.29 is 36.4 Å². The second-order valence-corrected chi connectivity index (χ2v) is 20.7. The first kappa shape index (κ1) is 61.3. The molecule has 2 aromatic rings. The predicted octanol–water partition coefficient (Wildman–Crippen LogP) is 18.7. The van der Waals surface area contributed by atoms with Crippen molar-refractivity contribution in [3.63, 3.8) is 0 Å². The first-order valence-electron chi connectivity index (χ1n) is 26.6. The SMILES string of the molecule is CCCCCCCCCCCCCCCCCCN=Cc1cccc(C(C)(C)C)c1O.CCCCCCCCCCCCCCCCCCN=Cc1cccc(C(C)(C)C)c1O.[Zr]. The molecule has 0 aliphatic heterocycles. The van der Waals surface area contributed by atoms with E-state index < -0.39 is 0 Å². The average Bonchev–Trinajstić information content (AvgIpc) is 3.23. The van der Waals surface area contributed by atoms with Gasteiger partial charge in [0, 0.05) is 62.8 Å². The van der Waals surface area contributed by atoms with Crippen LogP contribution in [0.4, 0.5) is 0 Å². The number of hydrogen-bond donors (Lipinski definition) is 2. The Morgan fingerprint density at radius 3 is 0.810 bits per heavy atom. The van der Waals surface area contributed by atoms with Crippen LogP contribution >= 0.6 is 0 Å². The molecule has 4 nitrogen and oxygen atoms in total. The minimum atomic E-state index is -0.0538. The van der Waals surface area contributed by atoms with Crippen LogP contribution < -0.4 is 0 Å². The van der Waals surface area contributed by atoms with Gasteiger partial charge in [-0.1, -0.05) is 272 Å². The number of hydrogen-bond acceptors (Lipinski definition) is 4. The van der Waals surface area contributed by atoms with Gasteiger partial charge in [-0.3, -0.25) is 9.98 Å². The summed E-state index contributed by atoms with van der Waals surface area (Å²) in [6.07, 6.45) is 48.2. The van der Waals surface area contributed by atoms with Gasteiger partial charge in [0.25, 0.3) is 0 Å². The molecule has 0 heterocycles. The van der Waals surface area contributed by atoms with Crippen molar-refractivity contribution in [2.75, 3.05) is 13.1 Å². The summed E-state index contributed by atoms with van der Waals surface area (Å²) >= 11 is 0. The summed E-state index contributed by atoms with van der Waals surface area (Å²) in [4.78, 5) is 9.09. The van der Waals surface area contributed by atoms with Crippen LogP contribution in [0.2, 0.25) is 0 Å². The Morgan fingerprint density at radius 1 is 0.365 bits per heavy atom. The van der Waals surface area contributed by atoms with Gasteiger partial charge >= 0.3 is 0 Å². The van der Waals surface area contributed by atoms with Gasteiger partial charge in [-0.2, -0.15) is 0 Å². The molecule has 0 fully saturated rings. The summed E-state index contributed by atoms with van der Waals surface area (Å²) in [6, 6.07) is 11.9. The standard InChI is InChI=1S/2C29H51NO.Zr/c2*1-5-6-7-8-9-10-11-12-13-14-15-16-17-18-19-20-24-30-25-26-22-21-23-27(28(26)31)29(2,3)4;/h2*21-23,25,31H,5-20,24H2,1-4H3;. The first-order valence-corrected chi connectivity index (χ1v) is 26.6. The van der Waals surface area contributed by atoms with Crippen LogP contribution in [-0.2, 0) is 37.0 Å². The molecule has 0 aromatic heterocycles. The van der Waals surface area contributed by atoms with Gasteiger partial charge in [-0.15, -0.1) is 0 Å². The maximum absolute atomic E-state index is 10.5. The van der Waals surface area contributed by atoms with Gasteiger partial charge in [-0.25, -0.2) is 0 Å². The topological polar surface area (TPSA) is 65.2 Å². The molecule has 5 heteroatoms. The third kappa shape index (κ3) is 33.4. The minimum Gasteiger partial charge on any atom is -0.507 e. The number of rotatable bonds is 36. The van der Waals surface area contributed by atoms with E-state index in [2.05, 4.69) is 65.4 Å². The molecule has 2 N–H and O–H groups in total. The van der Waals surface area contributed by atoms with E-state index in [0.717, 1.165) is 48.2 Å². The van der Waals surface area contributed by atoms with E-state index in [-0.39, 0.29) is 37.0 Å². The number of unbranched alkanes of at least 4 members (excludes halogenated alkanes) is 30. The van der Waals surface area contributed by atoms with Crippen molar-refractivity contribution >= 4 is 12.4 Å². The molecule has 0 saturated carbocycles. The van der Waals surface area contributed by atoms with E-state index in [1.165, 1.54) is 193 Å². The monoisotopic (exact) mass is 949 g/mol. The van der Waals surface area contributed by atoms with Crippen molar-refractivity contribution in [2.45, 2.75) is 272 Å². The number of benzene rings is 2. The molecular formula is C58H102N2O2Zr. The van der Waals surface area contributed by atoms with Gasteiger partial charge in [-0.05, 0) is 46.9 Å². The molecule has 0 aliphatic carbocycles. The van der Waals surface area contributed by atoms with Crippen molar-refractivity contribution in [3.8, 4) is 11.5 Å². The number of phenolic OH excluding ortho intramolecular Hbond substituents is 2. The largest absolute Gasteiger partial charge is 0.507 e. The Bertz CT molecular complexity index is 1280. The van der Waals surface area contributed by atoms with Crippen molar-refractivity contribution in [1.29, 1.82) is 0 Å². The zero-order chi connectivity index (χ0) is 45.6. The van der Waals surface area contributed by atoms with E-state index >= 15 is 0 Å². The molecule has 0 radical (unpaired) electrons. The van der Waals surface area contributed by atoms with Gasteiger partial charge in [0.15, 0.2) is 0 Å². The molecule has 0 bridgehead atoms. The Kier molecular flexibility index (Phi) is 39.4. The Morgan fingerprint density at radius 2 is 0.587 bits per heavy atom. The van der Waals surface area contributed by atoms with Gasteiger partial charge in [0.1, 0.15) is 11.5 Å². The average molecular weight is 951 g/mol. The van der Waals surface area contributed by atoms with Crippen LogP contribution in [0.15, 0.2) is 46.4 Å². The summed E-state index contributed by atoms with van der Waals surface area (Å²) in [5, 5.41) is 21.0. The molecule has 2 rings (SSSR count). The quantitative estimate of drug-likeness (QED) is 0.0528. The van der Waals surface area contributed by atoms with Crippen LogP contribution in [0, 0.1) is 0 Å². The maximum atomic E-state index is 10.5. The molecule has 0 spiro atoms. The molecule has 63 heavy (non-hydrogen) atoms.